The van der Waals surface area contributed by atoms with Gasteiger partial charge in [0.15, 0.2) is 11.7 Å². The van der Waals surface area contributed by atoms with Crippen molar-refractivity contribution in [2.75, 3.05) is 19.6 Å². The lowest BCUT2D eigenvalue weighted by atomic mass is 10.00. The molecule has 0 heterocycles. The molecule has 0 bridgehead atoms. The summed E-state index contributed by atoms with van der Waals surface area (Å²) in [7, 11) is 0. The summed E-state index contributed by atoms with van der Waals surface area (Å²) in [6.07, 6.45) is 0.823. The van der Waals surface area contributed by atoms with Crippen LogP contribution < -0.4 is 37.5 Å². The third-order valence-corrected chi connectivity index (χ3v) is 4.91. The number of Topliss-reactive ketones (excluding diaryl/α,β-unsaturated/α-hetero) is 1. The Hall–Kier alpha value is -4.00. The van der Waals surface area contributed by atoms with Crippen LogP contribution in [-0.4, -0.2) is 67.2 Å². The molecule has 1 aromatic carbocycles. The zero-order chi connectivity index (χ0) is 27.3. The Morgan fingerprint density at radius 2 is 1.67 bits per heavy atom. The van der Waals surface area contributed by atoms with E-state index in [0.29, 0.717) is 24.9 Å². The Morgan fingerprint density at radius 1 is 1.03 bits per heavy atom. The second kappa shape index (κ2) is 15.1. The van der Waals surface area contributed by atoms with E-state index in [1.807, 2.05) is 0 Å². The molecule has 0 saturated heterocycles. The van der Waals surface area contributed by atoms with Gasteiger partial charge in [0.1, 0.15) is 18.3 Å². The lowest BCUT2D eigenvalue weighted by Crippen LogP contribution is -2.52. The quantitative estimate of drug-likeness (QED) is 0.0401. The molecule has 0 unspecified atom stereocenters. The summed E-state index contributed by atoms with van der Waals surface area (Å²) in [6, 6.07) is 4.15. The van der Waals surface area contributed by atoms with Gasteiger partial charge in [-0.1, -0.05) is 13.8 Å². The van der Waals surface area contributed by atoms with E-state index in [2.05, 4.69) is 21.3 Å². The predicted molar refractivity (Wildman–Crippen MR) is 132 cm³/mol. The highest BCUT2D eigenvalue weighted by molar-refractivity contribution is 6.01. The van der Waals surface area contributed by atoms with Crippen LogP contribution in [0.5, 0.6) is 5.75 Å². The van der Waals surface area contributed by atoms with Gasteiger partial charge in [-0.05, 0) is 43.0 Å². The van der Waals surface area contributed by atoms with Crippen LogP contribution in [0.4, 0.5) is 0 Å². The molecule has 0 aromatic heterocycles. The van der Waals surface area contributed by atoms with Gasteiger partial charge in [0.05, 0.1) is 12.6 Å². The van der Waals surface area contributed by atoms with Crippen LogP contribution in [0.15, 0.2) is 24.3 Å². The first-order chi connectivity index (χ1) is 16.9. The van der Waals surface area contributed by atoms with Crippen LogP contribution in [0.2, 0.25) is 0 Å². The molecule has 0 fully saturated rings. The lowest BCUT2D eigenvalue weighted by molar-refractivity contribution is -0.136. The van der Waals surface area contributed by atoms with E-state index in [9.17, 15) is 24.0 Å². The number of ether oxygens (including phenoxy) is 1. The van der Waals surface area contributed by atoms with Gasteiger partial charge in [0, 0.05) is 19.0 Å². The van der Waals surface area contributed by atoms with Crippen molar-refractivity contribution in [2.45, 2.75) is 45.7 Å². The highest BCUT2D eigenvalue weighted by Crippen LogP contribution is 2.15. The molecule has 0 saturated carbocycles. The van der Waals surface area contributed by atoms with E-state index in [1.165, 1.54) is 31.2 Å². The molecule has 3 amide bonds. The molecule has 0 aliphatic carbocycles. The third kappa shape index (κ3) is 11.0. The molecule has 1 aromatic rings. The lowest BCUT2D eigenvalue weighted by Gasteiger charge is -2.21. The topological polar surface area (TPSA) is 219 Å². The molecule has 0 aliphatic rings. The monoisotopic (exact) mass is 505 g/mol. The van der Waals surface area contributed by atoms with E-state index in [1.54, 1.807) is 13.8 Å². The molecule has 2 atom stereocenters. The Bertz CT molecular complexity index is 949. The van der Waals surface area contributed by atoms with E-state index in [4.69, 9.17) is 21.6 Å². The summed E-state index contributed by atoms with van der Waals surface area (Å²) in [4.78, 5) is 60.3. The average Bonchev–Trinajstić information content (AvgIpc) is 2.82. The van der Waals surface area contributed by atoms with Crippen LogP contribution in [0.3, 0.4) is 0 Å². The first-order valence-electron chi connectivity index (χ1n) is 11.4. The number of guanidine groups is 1. The molecule has 198 valence electrons. The summed E-state index contributed by atoms with van der Waals surface area (Å²) in [5.41, 5.74) is 10.8. The summed E-state index contributed by atoms with van der Waals surface area (Å²) in [6.45, 7) is 4.47. The highest BCUT2D eigenvalue weighted by Gasteiger charge is 2.24. The Morgan fingerprint density at radius 3 is 2.19 bits per heavy atom. The molecule has 0 aliphatic heterocycles. The fourth-order valence-electron chi connectivity index (χ4n) is 3.14. The number of esters is 1. The summed E-state index contributed by atoms with van der Waals surface area (Å²) >= 11 is 0. The van der Waals surface area contributed by atoms with Crippen molar-refractivity contribution >= 4 is 35.4 Å². The number of benzene rings is 1. The van der Waals surface area contributed by atoms with Crippen molar-refractivity contribution in [1.82, 2.24) is 21.3 Å². The van der Waals surface area contributed by atoms with Crippen LogP contribution in [-0.2, 0) is 19.2 Å². The molecule has 13 heteroatoms. The first-order valence-corrected chi connectivity index (χ1v) is 11.4. The van der Waals surface area contributed by atoms with E-state index in [0.717, 1.165) is 0 Å². The maximum atomic E-state index is 12.8. The SMILES string of the molecule is CC(=O)N[C@@H](CCCNC(=N)N)C(=O)c1ccc(OC(=O)CNC(=O)[C@@H](NC(=O)CN)C(C)C)cc1. The number of hydrogen-bond donors (Lipinski definition) is 7. The van der Waals surface area contributed by atoms with Crippen molar-refractivity contribution in [3.05, 3.63) is 29.8 Å². The molecular weight excluding hydrogens is 470 g/mol. The minimum Gasteiger partial charge on any atom is -0.425 e. The van der Waals surface area contributed by atoms with Crippen LogP contribution in [0.25, 0.3) is 0 Å². The molecule has 0 radical (unpaired) electrons. The minimum absolute atomic E-state index is 0.157. The number of ketones is 1. The number of carbonyl (C=O) groups is 5. The zero-order valence-corrected chi connectivity index (χ0v) is 20.7. The molecule has 1 rings (SSSR count). The van der Waals surface area contributed by atoms with Crippen molar-refractivity contribution in [1.29, 1.82) is 5.41 Å². The molecule has 9 N–H and O–H groups in total. The molecule has 0 spiro atoms. The summed E-state index contributed by atoms with van der Waals surface area (Å²) < 4.78 is 5.19. The Balaban J connectivity index is 2.68. The highest BCUT2D eigenvalue weighted by atomic mass is 16.5. The second-order valence-electron chi connectivity index (χ2n) is 8.31. The van der Waals surface area contributed by atoms with Crippen LogP contribution >= 0.6 is 0 Å². The number of nitrogens with one attached hydrogen (secondary N) is 5. The van der Waals surface area contributed by atoms with Gasteiger partial charge < -0.3 is 37.5 Å². The first kappa shape index (κ1) is 30.0. The molecule has 36 heavy (non-hydrogen) atoms. The minimum atomic E-state index is -0.853. The largest absolute Gasteiger partial charge is 0.425 e. The van der Waals surface area contributed by atoms with Gasteiger partial charge in [-0.15, -0.1) is 0 Å². The number of rotatable bonds is 14. The maximum Gasteiger partial charge on any atom is 0.330 e. The summed E-state index contributed by atoms with van der Waals surface area (Å²) in [5, 5.41) is 17.3. The fourth-order valence-corrected chi connectivity index (χ4v) is 3.14. The van der Waals surface area contributed by atoms with Crippen molar-refractivity contribution in [3.63, 3.8) is 0 Å². The van der Waals surface area contributed by atoms with Crippen molar-refractivity contribution in [3.8, 4) is 5.75 Å². The standard InChI is InChI=1S/C23H35N7O6/c1-13(2)20(30-18(32)11-24)22(35)28-12-19(33)36-16-8-6-15(7-9-16)21(34)17(29-14(3)31)5-4-10-27-23(25)26/h6-9,13,17,20H,4-5,10-12,24H2,1-3H3,(H,28,35)(H,29,31)(H,30,32)(H4,25,26,27)/t17-,20-/m0/s1. The number of carbonyl (C=O) groups excluding carboxylic acids is 5. The van der Waals surface area contributed by atoms with Crippen LogP contribution in [0.1, 0.15) is 44.0 Å². The van der Waals surface area contributed by atoms with Gasteiger partial charge in [-0.2, -0.15) is 0 Å². The van der Waals surface area contributed by atoms with Gasteiger partial charge >= 0.3 is 5.97 Å². The Labute approximate surface area is 209 Å². The van der Waals surface area contributed by atoms with Gasteiger partial charge in [-0.25, -0.2) is 4.79 Å². The van der Waals surface area contributed by atoms with E-state index in [-0.39, 0.29) is 35.9 Å². The van der Waals surface area contributed by atoms with Gasteiger partial charge in [0.25, 0.3) is 0 Å². The van der Waals surface area contributed by atoms with Gasteiger partial charge in [-0.3, -0.25) is 24.6 Å². The molecule has 13 nitrogen and oxygen atoms in total. The average molecular weight is 506 g/mol. The Kier molecular flexibility index (Phi) is 12.6. The zero-order valence-electron chi connectivity index (χ0n) is 20.7. The summed E-state index contributed by atoms with van der Waals surface area (Å²) in [5.74, 6) is -2.72. The maximum absolute atomic E-state index is 12.8. The van der Waals surface area contributed by atoms with Crippen molar-refractivity contribution in [2.24, 2.45) is 17.4 Å². The molecular formula is C23H35N7O6. The predicted octanol–water partition coefficient (Wildman–Crippen LogP) is -1.24. The second-order valence-corrected chi connectivity index (χ2v) is 8.31. The van der Waals surface area contributed by atoms with E-state index < -0.39 is 36.4 Å². The smallest absolute Gasteiger partial charge is 0.330 e. The normalized spacial score (nSPS) is 12.1. The number of nitrogens with two attached hydrogens (primary N) is 2. The van der Waals surface area contributed by atoms with Crippen molar-refractivity contribution < 1.29 is 28.7 Å². The number of amides is 3. The third-order valence-electron chi connectivity index (χ3n) is 4.91. The number of hydrogen-bond acceptors (Lipinski definition) is 8. The van der Waals surface area contributed by atoms with Crippen LogP contribution in [0, 0.1) is 11.3 Å². The fraction of sp³-hybridized carbons (Fsp3) is 0.478. The van der Waals surface area contributed by atoms with E-state index >= 15 is 0 Å². The van der Waals surface area contributed by atoms with Gasteiger partial charge in [0.2, 0.25) is 17.7 Å².